The van der Waals surface area contributed by atoms with Crippen LogP contribution in [0.25, 0.3) is 11.1 Å². The Morgan fingerprint density at radius 3 is 2.95 bits per heavy atom. The van der Waals surface area contributed by atoms with Crippen LogP contribution in [0.5, 0.6) is 5.75 Å². The maximum atomic E-state index is 12.2. The maximum absolute atomic E-state index is 12.2. The molecule has 0 aliphatic carbocycles. The topological polar surface area (TPSA) is 87.5 Å². The Bertz CT molecular complexity index is 759. The molecule has 0 aliphatic heterocycles. The highest BCUT2D eigenvalue weighted by atomic mass is 16.5. The fourth-order valence-electron chi connectivity index (χ4n) is 2.15. The minimum Gasteiger partial charge on any atom is -0.496 e. The zero-order valence-corrected chi connectivity index (χ0v) is 11.3. The molecule has 2 heterocycles. The van der Waals surface area contributed by atoms with Gasteiger partial charge in [-0.25, -0.2) is 0 Å². The largest absolute Gasteiger partial charge is 0.496 e. The number of furan rings is 1. The molecule has 6 nitrogen and oxygen atoms in total. The summed E-state index contributed by atoms with van der Waals surface area (Å²) in [5.74, 6) is 0.295. The summed E-state index contributed by atoms with van der Waals surface area (Å²) in [6.07, 6.45) is 1.56. The van der Waals surface area contributed by atoms with E-state index in [-0.39, 0.29) is 12.5 Å². The fourth-order valence-corrected chi connectivity index (χ4v) is 2.15. The van der Waals surface area contributed by atoms with Crippen molar-refractivity contribution in [3.05, 3.63) is 47.9 Å². The Kier molecular flexibility index (Phi) is 3.37. The summed E-state index contributed by atoms with van der Waals surface area (Å²) in [5, 5.41) is 12.0. The van der Waals surface area contributed by atoms with Crippen molar-refractivity contribution in [2.45, 2.75) is 6.61 Å². The molecule has 3 rings (SSSR count). The van der Waals surface area contributed by atoms with Crippen LogP contribution in [0.1, 0.15) is 16.1 Å². The van der Waals surface area contributed by atoms with E-state index in [2.05, 4.69) is 10.3 Å². The summed E-state index contributed by atoms with van der Waals surface area (Å²) in [7, 11) is 1.53. The normalized spacial score (nSPS) is 10.8. The summed E-state index contributed by atoms with van der Waals surface area (Å²) in [5.41, 5.74) is 2.99. The number of aromatic nitrogens is 1. The molecule has 1 aromatic carbocycles. The number of aliphatic hydroxyl groups excluding tert-OH is 1. The van der Waals surface area contributed by atoms with Gasteiger partial charge in [0.05, 0.1) is 25.5 Å². The van der Waals surface area contributed by atoms with Crippen LogP contribution in [-0.2, 0) is 6.61 Å². The van der Waals surface area contributed by atoms with Crippen LogP contribution in [-0.4, -0.2) is 23.1 Å². The molecule has 2 aromatic heterocycles. The van der Waals surface area contributed by atoms with Crippen LogP contribution < -0.4 is 10.1 Å². The molecular formula is C15H14N2O4. The lowest BCUT2D eigenvalue weighted by Crippen LogP contribution is -2.12. The number of carbonyl (C=O) groups is 1. The molecule has 0 spiro atoms. The van der Waals surface area contributed by atoms with E-state index in [1.807, 2.05) is 0 Å². The molecule has 0 atom stereocenters. The van der Waals surface area contributed by atoms with Crippen molar-refractivity contribution in [3.8, 4) is 5.75 Å². The van der Waals surface area contributed by atoms with Gasteiger partial charge in [0, 0.05) is 23.4 Å². The number of nitrogens with one attached hydrogen (secondary N) is 2. The molecule has 108 valence electrons. The predicted octanol–water partition coefficient (Wildman–Crippen LogP) is 2.51. The van der Waals surface area contributed by atoms with Crippen LogP contribution in [0.4, 0.5) is 5.69 Å². The van der Waals surface area contributed by atoms with Gasteiger partial charge in [-0.3, -0.25) is 4.79 Å². The molecule has 0 fully saturated rings. The Hall–Kier alpha value is -2.73. The van der Waals surface area contributed by atoms with Crippen LogP contribution in [0.3, 0.4) is 0 Å². The molecule has 0 aliphatic rings. The summed E-state index contributed by atoms with van der Waals surface area (Å²) in [6, 6.07) is 8.47. The van der Waals surface area contributed by atoms with E-state index < -0.39 is 0 Å². The Morgan fingerprint density at radius 2 is 2.24 bits per heavy atom. The van der Waals surface area contributed by atoms with E-state index >= 15 is 0 Å². The number of aliphatic hydroxyl groups is 1. The third-order valence-electron chi connectivity index (χ3n) is 3.19. The number of methoxy groups -OCH3 is 1. The summed E-state index contributed by atoms with van der Waals surface area (Å²) < 4.78 is 10.3. The lowest BCUT2D eigenvalue weighted by molar-refractivity contribution is 0.102. The molecule has 0 unspecified atom stereocenters. The van der Waals surface area contributed by atoms with Gasteiger partial charge in [0.15, 0.2) is 5.58 Å². The number of carbonyl (C=O) groups excluding carboxylic acids is 1. The maximum Gasteiger partial charge on any atom is 0.272 e. The Labute approximate surface area is 120 Å². The molecule has 0 saturated carbocycles. The van der Waals surface area contributed by atoms with Crippen molar-refractivity contribution in [2.75, 3.05) is 12.4 Å². The SMILES string of the molecule is COc1ccc(NC(=O)c2cc3occc3[nH]2)cc1CO. The molecule has 1 amide bonds. The first-order valence-corrected chi connectivity index (χ1v) is 6.36. The van der Waals surface area contributed by atoms with E-state index in [4.69, 9.17) is 9.15 Å². The third kappa shape index (κ3) is 2.48. The van der Waals surface area contributed by atoms with Gasteiger partial charge in [-0.1, -0.05) is 0 Å². The number of aromatic amines is 1. The van der Waals surface area contributed by atoms with E-state index in [9.17, 15) is 9.90 Å². The van der Waals surface area contributed by atoms with E-state index in [1.54, 1.807) is 36.6 Å². The number of ether oxygens (including phenoxy) is 1. The van der Waals surface area contributed by atoms with Crippen molar-refractivity contribution in [1.82, 2.24) is 4.98 Å². The number of benzene rings is 1. The van der Waals surface area contributed by atoms with Gasteiger partial charge in [0.1, 0.15) is 11.4 Å². The third-order valence-corrected chi connectivity index (χ3v) is 3.19. The zero-order chi connectivity index (χ0) is 14.8. The summed E-state index contributed by atoms with van der Waals surface area (Å²) in [6.45, 7) is -0.164. The number of amides is 1. The van der Waals surface area contributed by atoms with E-state index in [0.717, 1.165) is 5.52 Å². The number of H-pyrrole nitrogens is 1. The highest BCUT2D eigenvalue weighted by Gasteiger charge is 2.12. The highest BCUT2D eigenvalue weighted by Crippen LogP contribution is 2.23. The van der Waals surface area contributed by atoms with Crippen molar-refractivity contribution in [2.24, 2.45) is 0 Å². The minimum absolute atomic E-state index is 0.164. The average Bonchev–Trinajstić information content (AvgIpc) is 3.08. The Morgan fingerprint density at radius 1 is 1.38 bits per heavy atom. The number of rotatable bonds is 4. The number of anilines is 1. The van der Waals surface area contributed by atoms with E-state index in [0.29, 0.717) is 28.3 Å². The second-order valence-corrected chi connectivity index (χ2v) is 4.52. The van der Waals surface area contributed by atoms with Gasteiger partial charge in [0.25, 0.3) is 5.91 Å². The number of fused-ring (bicyclic) bond motifs is 1. The van der Waals surface area contributed by atoms with Gasteiger partial charge in [-0.05, 0) is 18.2 Å². The summed E-state index contributed by atoms with van der Waals surface area (Å²) >= 11 is 0. The zero-order valence-electron chi connectivity index (χ0n) is 11.3. The van der Waals surface area contributed by atoms with Gasteiger partial charge in [0.2, 0.25) is 0 Å². The first kappa shape index (κ1) is 13.3. The van der Waals surface area contributed by atoms with Gasteiger partial charge < -0.3 is 24.6 Å². The molecule has 0 saturated heterocycles. The monoisotopic (exact) mass is 286 g/mol. The molecule has 0 bridgehead atoms. The van der Waals surface area contributed by atoms with Crippen molar-refractivity contribution in [1.29, 1.82) is 0 Å². The molecule has 21 heavy (non-hydrogen) atoms. The van der Waals surface area contributed by atoms with Gasteiger partial charge in [-0.2, -0.15) is 0 Å². The minimum atomic E-state index is -0.282. The van der Waals surface area contributed by atoms with Crippen molar-refractivity contribution >= 4 is 22.7 Å². The predicted molar refractivity (Wildman–Crippen MR) is 77.4 cm³/mol. The van der Waals surface area contributed by atoms with E-state index in [1.165, 1.54) is 7.11 Å². The lowest BCUT2D eigenvalue weighted by Gasteiger charge is -2.09. The van der Waals surface area contributed by atoms with Gasteiger partial charge >= 0.3 is 0 Å². The number of hydrogen-bond donors (Lipinski definition) is 3. The summed E-state index contributed by atoms with van der Waals surface area (Å²) in [4.78, 5) is 15.1. The first-order chi connectivity index (χ1) is 10.2. The van der Waals surface area contributed by atoms with Crippen LogP contribution in [0.2, 0.25) is 0 Å². The first-order valence-electron chi connectivity index (χ1n) is 6.36. The quantitative estimate of drug-likeness (QED) is 0.687. The van der Waals surface area contributed by atoms with Crippen LogP contribution >= 0.6 is 0 Å². The van der Waals surface area contributed by atoms with Gasteiger partial charge in [-0.15, -0.1) is 0 Å². The van der Waals surface area contributed by atoms with Crippen LogP contribution in [0, 0.1) is 0 Å². The molecular weight excluding hydrogens is 272 g/mol. The standard InChI is InChI=1S/C15H14N2O4/c1-20-13-3-2-10(6-9(13)8-18)16-15(19)12-7-14-11(17-12)4-5-21-14/h2-7,17-18H,8H2,1H3,(H,16,19). The highest BCUT2D eigenvalue weighted by molar-refractivity contribution is 6.05. The second kappa shape index (κ2) is 5.34. The Balaban J connectivity index is 1.82. The fraction of sp³-hybridized carbons (Fsp3) is 0.133. The molecule has 0 radical (unpaired) electrons. The smallest absolute Gasteiger partial charge is 0.272 e. The second-order valence-electron chi connectivity index (χ2n) is 4.52. The molecule has 6 heteroatoms. The van der Waals surface area contributed by atoms with Crippen molar-refractivity contribution < 1.29 is 19.1 Å². The molecule has 3 aromatic rings. The average molecular weight is 286 g/mol. The molecule has 3 N–H and O–H groups in total. The number of hydrogen-bond acceptors (Lipinski definition) is 4. The van der Waals surface area contributed by atoms with Crippen molar-refractivity contribution in [3.63, 3.8) is 0 Å². The lowest BCUT2D eigenvalue weighted by atomic mass is 10.2. The van der Waals surface area contributed by atoms with Crippen LogP contribution in [0.15, 0.2) is 41.0 Å².